The Hall–Kier alpha value is -1.51. The number of thioether (sulfide) groups is 1. The lowest BCUT2D eigenvalue weighted by molar-refractivity contribution is 0.629. The molecule has 0 amide bonds. The van der Waals surface area contributed by atoms with Crippen LogP contribution in [0, 0.1) is 5.82 Å². The first-order chi connectivity index (χ1) is 9.74. The molecule has 0 atom stereocenters. The van der Waals surface area contributed by atoms with Crippen molar-refractivity contribution in [3.05, 3.63) is 30.2 Å². The summed E-state index contributed by atoms with van der Waals surface area (Å²) in [6.07, 6.45) is 3.75. The van der Waals surface area contributed by atoms with Crippen LogP contribution in [0.25, 0.3) is 25.9 Å². The van der Waals surface area contributed by atoms with E-state index in [1.54, 1.807) is 39.9 Å². The highest BCUT2D eigenvalue weighted by Crippen LogP contribution is 2.32. The molecule has 100 valence electrons. The number of hydrogen-bond acceptors (Lipinski definition) is 6. The van der Waals surface area contributed by atoms with Crippen molar-refractivity contribution < 1.29 is 4.39 Å². The fourth-order valence-electron chi connectivity index (χ4n) is 1.91. The summed E-state index contributed by atoms with van der Waals surface area (Å²) in [5, 5.41) is 5.29. The van der Waals surface area contributed by atoms with Crippen LogP contribution in [0.5, 0.6) is 0 Å². The van der Waals surface area contributed by atoms with Crippen LogP contribution in [0.15, 0.2) is 28.7 Å². The molecule has 3 heterocycles. The summed E-state index contributed by atoms with van der Waals surface area (Å²) in [5.41, 5.74) is 1.51. The highest BCUT2D eigenvalue weighted by molar-refractivity contribution is 8.00. The van der Waals surface area contributed by atoms with E-state index in [4.69, 9.17) is 0 Å². The van der Waals surface area contributed by atoms with Crippen molar-refractivity contribution in [3.63, 3.8) is 0 Å². The summed E-state index contributed by atoms with van der Waals surface area (Å²) < 4.78 is 16.9. The standard InChI is InChI=1S/C12H7FN4S3/c1-18-12-16-17-8(5-14-11(17)20-12)10-15-7-4-6(13)2-3-9(7)19-10/h2-5H,1H3. The topological polar surface area (TPSA) is 43.1 Å². The van der Waals surface area contributed by atoms with Gasteiger partial charge in [-0.25, -0.2) is 14.4 Å². The average molecular weight is 322 g/mol. The lowest BCUT2D eigenvalue weighted by Gasteiger charge is -1.90. The van der Waals surface area contributed by atoms with Crippen molar-refractivity contribution in [3.8, 4) is 10.7 Å². The minimum absolute atomic E-state index is 0.272. The summed E-state index contributed by atoms with van der Waals surface area (Å²) in [5.74, 6) is -0.272. The van der Waals surface area contributed by atoms with Gasteiger partial charge in [0.05, 0.1) is 16.4 Å². The maximum absolute atomic E-state index is 13.2. The minimum atomic E-state index is -0.272. The number of imidazole rings is 1. The molecule has 0 unspecified atom stereocenters. The summed E-state index contributed by atoms with van der Waals surface area (Å²) >= 11 is 4.65. The van der Waals surface area contributed by atoms with Gasteiger partial charge in [0, 0.05) is 6.07 Å². The zero-order valence-corrected chi connectivity index (χ0v) is 12.7. The van der Waals surface area contributed by atoms with Gasteiger partial charge in [-0.05, 0) is 18.4 Å². The molecule has 4 nitrogen and oxygen atoms in total. The van der Waals surface area contributed by atoms with Crippen molar-refractivity contribution >= 4 is 49.6 Å². The van der Waals surface area contributed by atoms with E-state index in [0.29, 0.717) is 5.52 Å². The number of hydrogen-bond donors (Lipinski definition) is 0. The van der Waals surface area contributed by atoms with Crippen molar-refractivity contribution in [2.24, 2.45) is 0 Å². The Morgan fingerprint density at radius 1 is 1.30 bits per heavy atom. The summed E-state index contributed by atoms with van der Waals surface area (Å²) in [7, 11) is 0. The lowest BCUT2D eigenvalue weighted by atomic mass is 10.3. The van der Waals surface area contributed by atoms with Gasteiger partial charge < -0.3 is 0 Å². The second-order valence-electron chi connectivity index (χ2n) is 4.04. The Labute approximate surface area is 125 Å². The molecule has 0 bridgehead atoms. The second kappa shape index (κ2) is 4.51. The number of fused-ring (bicyclic) bond motifs is 2. The van der Waals surface area contributed by atoms with Crippen molar-refractivity contribution in [1.29, 1.82) is 0 Å². The van der Waals surface area contributed by atoms with Gasteiger partial charge in [-0.2, -0.15) is 4.52 Å². The summed E-state index contributed by atoms with van der Waals surface area (Å²) in [6, 6.07) is 4.64. The number of aromatic nitrogens is 4. The van der Waals surface area contributed by atoms with Crippen molar-refractivity contribution in [2.75, 3.05) is 6.26 Å². The second-order valence-corrected chi connectivity index (χ2v) is 7.08. The summed E-state index contributed by atoms with van der Waals surface area (Å²) in [4.78, 5) is 9.67. The molecule has 0 aliphatic rings. The fraction of sp³-hybridized carbons (Fsp3) is 0.0833. The minimum Gasteiger partial charge on any atom is -0.234 e. The van der Waals surface area contributed by atoms with E-state index in [9.17, 15) is 4.39 Å². The molecule has 0 spiro atoms. The monoisotopic (exact) mass is 322 g/mol. The fourth-order valence-corrected chi connectivity index (χ4v) is 4.18. The third-order valence-electron chi connectivity index (χ3n) is 2.81. The Morgan fingerprint density at radius 2 is 2.20 bits per heavy atom. The van der Waals surface area contributed by atoms with Crippen LogP contribution in [0.3, 0.4) is 0 Å². The largest absolute Gasteiger partial charge is 0.234 e. The molecule has 3 aromatic heterocycles. The van der Waals surface area contributed by atoms with Crippen LogP contribution in [-0.2, 0) is 0 Å². The summed E-state index contributed by atoms with van der Waals surface area (Å²) in [6.45, 7) is 0. The Morgan fingerprint density at radius 3 is 3.05 bits per heavy atom. The zero-order valence-electron chi connectivity index (χ0n) is 10.2. The van der Waals surface area contributed by atoms with E-state index < -0.39 is 0 Å². The molecule has 0 radical (unpaired) electrons. The average Bonchev–Trinajstić information content (AvgIpc) is 3.09. The Bertz CT molecular complexity index is 923. The van der Waals surface area contributed by atoms with Gasteiger partial charge in [0.2, 0.25) is 4.96 Å². The molecule has 0 saturated carbocycles. The molecule has 0 saturated heterocycles. The molecule has 4 aromatic rings. The van der Waals surface area contributed by atoms with Gasteiger partial charge in [0.25, 0.3) is 0 Å². The number of thiazole rings is 1. The predicted octanol–water partition coefficient (Wildman–Crippen LogP) is 3.93. The quantitative estimate of drug-likeness (QED) is 0.525. The number of benzene rings is 1. The van der Waals surface area contributed by atoms with E-state index in [-0.39, 0.29) is 5.82 Å². The smallest absolute Gasteiger partial charge is 0.213 e. The molecule has 1 aromatic carbocycles. The van der Waals surface area contributed by atoms with Crippen LogP contribution < -0.4 is 0 Å². The van der Waals surface area contributed by atoms with Gasteiger partial charge in [0.1, 0.15) is 16.5 Å². The molecular formula is C12H7FN4S3. The third-order valence-corrected chi connectivity index (χ3v) is 5.77. The highest BCUT2D eigenvalue weighted by atomic mass is 32.2. The first-order valence-electron chi connectivity index (χ1n) is 5.69. The molecular weight excluding hydrogens is 315 g/mol. The maximum Gasteiger partial charge on any atom is 0.213 e. The number of nitrogens with zero attached hydrogens (tertiary/aromatic N) is 4. The molecule has 20 heavy (non-hydrogen) atoms. The normalized spacial score (nSPS) is 11.7. The van der Waals surface area contributed by atoms with Crippen LogP contribution >= 0.6 is 34.4 Å². The first-order valence-corrected chi connectivity index (χ1v) is 8.55. The van der Waals surface area contributed by atoms with Crippen LogP contribution in [0.4, 0.5) is 4.39 Å². The molecule has 0 aliphatic heterocycles. The number of rotatable bonds is 2. The SMILES string of the molecule is CSc1nn2c(-c3nc4cc(F)ccc4s3)cnc2s1. The van der Waals surface area contributed by atoms with Crippen LogP contribution in [-0.4, -0.2) is 25.8 Å². The Kier molecular flexibility index (Phi) is 2.76. The van der Waals surface area contributed by atoms with Gasteiger partial charge in [-0.3, -0.25) is 0 Å². The van der Waals surface area contributed by atoms with E-state index in [2.05, 4.69) is 15.1 Å². The molecule has 8 heteroatoms. The Balaban J connectivity index is 1.93. The van der Waals surface area contributed by atoms with E-state index in [1.807, 2.05) is 6.26 Å². The van der Waals surface area contributed by atoms with E-state index in [0.717, 1.165) is 24.7 Å². The highest BCUT2D eigenvalue weighted by Gasteiger charge is 2.15. The van der Waals surface area contributed by atoms with Crippen molar-refractivity contribution in [1.82, 2.24) is 19.6 Å². The van der Waals surface area contributed by atoms with E-state index >= 15 is 0 Å². The van der Waals surface area contributed by atoms with Crippen molar-refractivity contribution in [2.45, 2.75) is 4.34 Å². The number of halogens is 1. The third kappa shape index (κ3) is 1.83. The van der Waals surface area contributed by atoms with Gasteiger partial charge in [-0.1, -0.05) is 23.1 Å². The molecule has 4 rings (SSSR count). The van der Waals surface area contributed by atoms with Crippen LogP contribution in [0.2, 0.25) is 0 Å². The molecule has 0 fully saturated rings. The van der Waals surface area contributed by atoms with Crippen LogP contribution in [0.1, 0.15) is 0 Å². The van der Waals surface area contributed by atoms with E-state index in [1.165, 1.54) is 23.5 Å². The van der Waals surface area contributed by atoms with Gasteiger partial charge in [0.15, 0.2) is 4.34 Å². The zero-order chi connectivity index (χ0) is 13.7. The van der Waals surface area contributed by atoms with Gasteiger partial charge >= 0.3 is 0 Å². The predicted molar refractivity (Wildman–Crippen MR) is 81.2 cm³/mol. The lowest BCUT2D eigenvalue weighted by Crippen LogP contribution is -1.87. The molecule has 0 aliphatic carbocycles. The molecule has 0 N–H and O–H groups in total. The first kappa shape index (κ1) is 12.2. The maximum atomic E-state index is 13.2. The van der Waals surface area contributed by atoms with Gasteiger partial charge in [-0.15, -0.1) is 16.4 Å².